The van der Waals surface area contributed by atoms with Gasteiger partial charge in [0.1, 0.15) is 0 Å². The number of nitrogens with one attached hydrogen (secondary N) is 1. The van der Waals surface area contributed by atoms with Crippen molar-refractivity contribution in [2.75, 3.05) is 5.32 Å². The quantitative estimate of drug-likeness (QED) is 0.886. The summed E-state index contributed by atoms with van der Waals surface area (Å²) < 4.78 is 2.68. The lowest BCUT2D eigenvalue weighted by molar-refractivity contribution is -0.111. The predicted octanol–water partition coefficient (Wildman–Crippen LogP) is 2.90. The Morgan fingerprint density at radius 1 is 1.53 bits per heavy atom. The van der Waals surface area contributed by atoms with Crippen LogP contribution in [0.1, 0.15) is 4.88 Å². The molecule has 2 rings (SSSR count). The summed E-state index contributed by atoms with van der Waals surface area (Å²) in [4.78, 5) is 12.6. The number of rotatable bonds is 3. The van der Waals surface area contributed by atoms with E-state index < -0.39 is 0 Å². The Kier molecular flexibility index (Phi) is 3.75. The van der Waals surface area contributed by atoms with Crippen molar-refractivity contribution in [1.29, 1.82) is 0 Å². The number of carbonyl (C=O) groups excluding carboxylic acids is 1. The molecule has 6 heteroatoms. The Labute approximate surface area is 111 Å². The number of anilines is 1. The number of carbonyl (C=O) groups is 1. The van der Waals surface area contributed by atoms with Gasteiger partial charge in [0.25, 0.3) is 0 Å². The Bertz CT molecular complexity index is 559. The Hall–Kier alpha value is -1.40. The van der Waals surface area contributed by atoms with E-state index in [1.807, 2.05) is 12.1 Å². The largest absolute Gasteiger partial charge is 0.306 e. The van der Waals surface area contributed by atoms with Crippen LogP contribution in [-0.4, -0.2) is 15.7 Å². The third-order valence-corrected chi connectivity index (χ3v) is 3.55. The summed E-state index contributed by atoms with van der Waals surface area (Å²) in [5, 5.41) is 6.73. The van der Waals surface area contributed by atoms with Gasteiger partial charge in [-0.1, -0.05) is 0 Å². The van der Waals surface area contributed by atoms with Crippen molar-refractivity contribution in [2.45, 2.75) is 0 Å². The molecule has 4 nitrogen and oxygen atoms in total. The minimum Gasteiger partial charge on any atom is -0.306 e. The van der Waals surface area contributed by atoms with Crippen molar-refractivity contribution in [3.8, 4) is 0 Å². The van der Waals surface area contributed by atoms with Crippen LogP contribution in [0.25, 0.3) is 6.08 Å². The molecule has 0 bridgehead atoms. The van der Waals surface area contributed by atoms with E-state index in [4.69, 9.17) is 0 Å². The van der Waals surface area contributed by atoms with Gasteiger partial charge in [-0.05, 0) is 34.1 Å². The van der Waals surface area contributed by atoms with Crippen LogP contribution >= 0.6 is 27.3 Å². The Morgan fingerprint density at radius 3 is 2.94 bits per heavy atom. The maximum atomic E-state index is 11.5. The van der Waals surface area contributed by atoms with Crippen molar-refractivity contribution >= 4 is 45.1 Å². The van der Waals surface area contributed by atoms with Crippen molar-refractivity contribution in [1.82, 2.24) is 9.78 Å². The molecule has 0 aliphatic rings. The summed E-state index contributed by atoms with van der Waals surface area (Å²) in [6.07, 6.45) is 5.04. The zero-order valence-corrected chi connectivity index (χ0v) is 11.5. The molecule has 1 N–H and O–H groups in total. The van der Waals surface area contributed by atoms with Crippen LogP contribution in [0.2, 0.25) is 0 Å². The maximum Gasteiger partial charge on any atom is 0.249 e. The average molecular weight is 312 g/mol. The fraction of sp³-hybridized carbons (Fsp3) is 0.0909. The first kappa shape index (κ1) is 12.1. The van der Waals surface area contributed by atoms with Gasteiger partial charge in [-0.3, -0.25) is 9.48 Å². The SMILES string of the molecule is Cn1ccc(NC(=O)C=Cc2ccc(Br)s2)n1. The molecular weight excluding hydrogens is 302 g/mol. The molecule has 0 unspecified atom stereocenters. The van der Waals surface area contributed by atoms with E-state index in [1.165, 1.54) is 6.08 Å². The van der Waals surface area contributed by atoms with E-state index in [2.05, 4.69) is 26.3 Å². The van der Waals surface area contributed by atoms with Gasteiger partial charge in [0.2, 0.25) is 5.91 Å². The van der Waals surface area contributed by atoms with E-state index in [0.29, 0.717) is 5.82 Å². The second kappa shape index (κ2) is 5.29. The molecule has 0 radical (unpaired) electrons. The van der Waals surface area contributed by atoms with Crippen LogP contribution in [0.4, 0.5) is 5.82 Å². The third kappa shape index (κ3) is 3.54. The topological polar surface area (TPSA) is 46.9 Å². The number of halogens is 1. The highest BCUT2D eigenvalue weighted by Crippen LogP contribution is 2.22. The zero-order valence-electron chi connectivity index (χ0n) is 9.05. The molecule has 2 aromatic heterocycles. The van der Waals surface area contributed by atoms with Crippen LogP contribution in [0.3, 0.4) is 0 Å². The molecule has 0 saturated heterocycles. The molecule has 0 aromatic carbocycles. The molecule has 0 spiro atoms. The lowest BCUT2D eigenvalue weighted by Gasteiger charge is -1.95. The highest BCUT2D eigenvalue weighted by Gasteiger charge is 2.00. The minimum absolute atomic E-state index is 0.187. The van der Waals surface area contributed by atoms with Gasteiger partial charge in [-0.2, -0.15) is 5.10 Å². The smallest absolute Gasteiger partial charge is 0.249 e. The Balaban J connectivity index is 1.95. The lowest BCUT2D eigenvalue weighted by atomic mass is 10.4. The summed E-state index contributed by atoms with van der Waals surface area (Å²) in [5.41, 5.74) is 0. The number of nitrogens with zero attached hydrogens (tertiary/aromatic N) is 2. The van der Waals surface area contributed by atoms with Crippen molar-refractivity contribution < 1.29 is 4.79 Å². The molecule has 0 aliphatic heterocycles. The first-order valence-electron chi connectivity index (χ1n) is 4.87. The van der Waals surface area contributed by atoms with Gasteiger partial charge in [-0.15, -0.1) is 11.3 Å². The zero-order chi connectivity index (χ0) is 12.3. The number of hydrogen-bond acceptors (Lipinski definition) is 3. The number of aromatic nitrogens is 2. The number of aryl methyl sites for hydroxylation is 1. The second-order valence-corrected chi connectivity index (χ2v) is 5.83. The molecule has 0 saturated carbocycles. The van der Waals surface area contributed by atoms with Gasteiger partial charge in [0, 0.05) is 30.3 Å². The molecule has 0 atom stereocenters. The highest BCUT2D eigenvalue weighted by atomic mass is 79.9. The van der Waals surface area contributed by atoms with E-state index in [0.717, 1.165) is 8.66 Å². The van der Waals surface area contributed by atoms with Gasteiger partial charge in [0.05, 0.1) is 3.79 Å². The summed E-state index contributed by atoms with van der Waals surface area (Å²) in [6.45, 7) is 0. The molecule has 0 aliphatic carbocycles. The number of thiophene rings is 1. The summed E-state index contributed by atoms with van der Waals surface area (Å²) in [7, 11) is 1.80. The van der Waals surface area contributed by atoms with Crippen LogP contribution < -0.4 is 5.32 Å². The first-order chi connectivity index (χ1) is 8.13. The summed E-state index contributed by atoms with van der Waals surface area (Å²) in [5.74, 6) is 0.364. The molecule has 1 amide bonds. The molecule has 2 aromatic rings. The fourth-order valence-electron chi connectivity index (χ4n) is 1.23. The van der Waals surface area contributed by atoms with Gasteiger partial charge < -0.3 is 5.32 Å². The van der Waals surface area contributed by atoms with Gasteiger partial charge in [-0.25, -0.2) is 0 Å². The lowest BCUT2D eigenvalue weighted by Crippen LogP contribution is -2.08. The fourth-order valence-corrected chi connectivity index (χ4v) is 2.55. The predicted molar refractivity (Wildman–Crippen MR) is 72.9 cm³/mol. The Morgan fingerprint density at radius 2 is 2.35 bits per heavy atom. The summed E-state index contributed by atoms with van der Waals surface area (Å²) >= 11 is 4.94. The van der Waals surface area contributed by atoms with Crippen molar-refractivity contribution in [3.63, 3.8) is 0 Å². The molecular formula is C11H10BrN3OS. The van der Waals surface area contributed by atoms with Crippen LogP contribution in [0.15, 0.2) is 34.3 Å². The molecule has 2 heterocycles. The molecule has 17 heavy (non-hydrogen) atoms. The summed E-state index contributed by atoms with van der Waals surface area (Å²) in [6, 6.07) is 5.63. The van der Waals surface area contributed by atoms with Crippen LogP contribution in [0, 0.1) is 0 Å². The average Bonchev–Trinajstić information content (AvgIpc) is 2.85. The standard InChI is InChI=1S/C11H10BrN3OS/c1-15-7-6-10(14-15)13-11(16)5-3-8-2-4-9(12)17-8/h2-7H,1H3,(H,13,14,16). The number of amides is 1. The van der Waals surface area contributed by atoms with E-state index in [-0.39, 0.29) is 5.91 Å². The van der Waals surface area contributed by atoms with Crippen molar-refractivity contribution in [2.24, 2.45) is 7.05 Å². The van der Waals surface area contributed by atoms with Gasteiger partial charge >= 0.3 is 0 Å². The van der Waals surface area contributed by atoms with Gasteiger partial charge in [0.15, 0.2) is 5.82 Å². The molecule has 0 fully saturated rings. The second-order valence-electron chi connectivity index (χ2n) is 3.34. The molecule has 88 valence electrons. The normalized spacial score (nSPS) is 10.9. The van der Waals surface area contributed by atoms with E-state index in [9.17, 15) is 4.79 Å². The first-order valence-corrected chi connectivity index (χ1v) is 6.48. The monoisotopic (exact) mass is 311 g/mol. The van der Waals surface area contributed by atoms with E-state index >= 15 is 0 Å². The minimum atomic E-state index is -0.187. The van der Waals surface area contributed by atoms with Crippen LogP contribution in [0.5, 0.6) is 0 Å². The maximum absolute atomic E-state index is 11.5. The third-order valence-electron chi connectivity index (χ3n) is 1.96. The number of hydrogen-bond donors (Lipinski definition) is 1. The van der Waals surface area contributed by atoms with E-state index in [1.54, 1.807) is 41.4 Å². The van der Waals surface area contributed by atoms with Crippen molar-refractivity contribution in [3.05, 3.63) is 39.1 Å². The highest BCUT2D eigenvalue weighted by molar-refractivity contribution is 9.11. The van der Waals surface area contributed by atoms with Crippen LogP contribution in [-0.2, 0) is 11.8 Å².